The molecule has 0 spiro atoms. The molecule has 0 aliphatic heterocycles. The number of rotatable bonds is 4. The third kappa shape index (κ3) is 3.13. The van der Waals surface area contributed by atoms with Crippen LogP contribution in [0.1, 0.15) is 17.3 Å². The van der Waals surface area contributed by atoms with Crippen molar-refractivity contribution in [2.24, 2.45) is 0 Å². The number of nitrogens with one attached hydrogen (secondary N) is 1. The number of Topliss-reactive ketones (excluding diaryl/α,β-unsaturated/α-hetero) is 1. The van der Waals surface area contributed by atoms with Crippen LogP contribution in [-0.2, 0) is 4.79 Å². The minimum atomic E-state index is -1.01. The van der Waals surface area contributed by atoms with E-state index in [1.165, 1.54) is 31.2 Å². The van der Waals surface area contributed by atoms with Gasteiger partial charge in [-0.25, -0.2) is 4.79 Å². The fourth-order valence-corrected chi connectivity index (χ4v) is 0.962. The Labute approximate surface area is 92.0 Å². The second-order valence-corrected chi connectivity index (χ2v) is 3.11. The van der Waals surface area contributed by atoms with Crippen LogP contribution in [0.5, 0.6) is 0 Å². The summed E-state index contributed by atoms with van der Waals surface area (Å²) in [5.74, 6) is -1.84. The van der Waals surface area contributed by atoms with Crippen LogP contribution in [-0.4, -0.2) is 22.0 Å². The third-order valence-electron chi connectivity index (χ3n) is 1.87. The van der Waals surface area contributed by atoms with Crippen molar-refractivity contribution in [3.8, 4) is 0 Å². The molecule has 0 saturated heterocycles. The summed E-state index contributed by atoms with van der Waals surface area (Å²) >= 11 is 0. The Morgan fingerprint density at radius 2 is 1.75 bits per heavy atom. The molecule has 16 heavy (non-hydrogen) atoms. The Morgan fingerprint density at radius 1 is 1.19 bits per heavy atom. The van der Waals surface area contributed by atoms with Gasteiger partial charge in [-0.2, -0.15) is 0 Å². The summed E-state index contributed by atoms with van der Waals surface area (Å²) in [6.07, 6.45) is 1.15. The first-order chi connectivity index (χ1) is 7.50. The number of benzene rings is 1. The predicted molar refractivity (Wildman–Crippen MR) is 58.4 cm³/mol. The Bertz CT molecular complexity index is 434. The van der Waals surface area contributed by atoms with Crippen LogP contribution in [0.15, 0.2) is 36.2 Å². The second kappa shape index (κ2) is 4.97. The van der Waals surface area contributed by atoms with Gasteiger partial charge in [0, 0.05) is 18.8 Å². The Kier molecular flexibility index (Phi) is 3.66. The van der Waals surface area contributed by atoms with Crippen molar-refractivity contribution in [3.63, 3.8) is 0 Å². The number of aromatic carboxylic acids is 1. The molecule has 1 rings (SSSR count). The number of hydrogen-bond acceptors (Lipinski definition) is 4. The highest BCUT2D eigenvalue weighted by Crippen LogP contribution is 2.09. The van der Waals surface area contributed by atoms with Crippen molar-refractivity contribution in [1.82, 2.24) is 0 Å². The number of carboxylic acid groups (broad SMARTS) is 1. The van der Waals surface area contributed by atoms with Gasteiger partial charge in [-0.1, -0.05) is 0 Å². The highest BCUT2D eigenvalue weighted by molar-refractivity contribution is 5.91. The Balaban J connectivity index is 2.73. The normalized spacial score (nSPS) is 10.9. The largest absolute Gasteiger partial charge is 0.503 e. The van der Waals surface area contributed by atoms with Crippen LogP contribution in [0, 0.1) is 0 Å². The van der Waals surface area contributed by atoms with Gasteiger partial charge < -0.3 is 15.5 Å². The summed E-state index contributed by atoms with van der Waals surface area (Å²) in [7, 11) is 0. The lowest BCUT2D eigenvalue weighted by molar-refractivity contribution is -0.115. The molecule has 1 aromatic rings. The van der Waals surface area contributed by atoms with Crippen LogP contribution in [0.3, 0.4) is 0 Å². The van der Waals surface area contributed by atoms with Crippen molar-refractivity contribution >= 4 is 17.4 Å². The van der Waals surface area contributed by atoms with Crippen LogP contribution in [0.2, 0.25) is 0 Å². The minimum absolute atomic E-state index is 0.172. The van der Waals surface area contributed by atoms with E-state index in [-0.39, 0.29) is 11.3 Å². The van der Waals surface area contributed by atoms with Gasteiger partial charge in [0.05, 0.1) is 5.56 Å². The molecule has 0 fully saturated rings. The molecule has 0 amide bonds. The zero-order valence-electron chi connectivity index (χ0n) is 8.60. The zero-order chi connectivity index (χ0) is 12.1. The van der Waals surface area contributed by atoms with Gasteiger partial charge in [0.15, 0.2) is 11.5 Å². The van der Waals surface area contributed by atoms with Gasteiger partial charge in [0.2, 0.25) is 0 Å². The quantitative estimate of drug-likeness (QED) is 0.533. The van der Waals surface area contributed by atoms with E-state index in [4.69, 9.17) is 10.2 Å². The first-order valence-corrected chi connectivity index (χ1v) is 4.50. The third-order valence-corrected chi connectivity index (χ3v) is 1.87. The van der Waals surface area contributed by atoms with E-state index in [1.807, 2.05) is 0 Å². The lowest BCUT2D eigenvalue weighted by Crippen LogP contribution is -2.00. The standard InChI is InChI=1S/C11H11NO4/c1-7(13)10(14)6-12-9-4-2-8(3-5-9)11(15)16/h2-6,12,14H,1H3,(H,15,16). The maximum Gasteiger partial charge on any atom is 0.335 e. The number of anilines is 1. The monoisotopic (exact) mass is 221 g/mol. The van der Waals surface area contributed by atoms with Gasteiger partial charge in [0.1, 0.15) is 0 Å². The predicted octanol–water partition coefficient (Wildman–Crippen LogP) is 1.79. The van der Waals surface area contributed by atoms with Crippen LogP contribution in [0.25, 0.3) is 0 Å². The molecular formula is C11H11NO4. The van der Waals surface area contributed by atoms with Crippen molar-refractivity contribution in [3.05, 3.63) is 41.8 Å². The van der Waals surface area contributed by atoms with Crippen LogP contribution < -0.4 is 5.32 Å². The van der Waals surface area contributed by atoms with Gasteiger partial charge in [-0.05, 0) is 24.3 Å². The lowest BCUT2D eigenvalue weighted by atomic mass is 10.2. The molecule has 0 aliphatic rings. The maximum atomic E-state index is 10.7. The Morgan fingerprint density at radius 3 is 2.19 bits per heavy atom. The first kappa shape index (κ1) is 11.8. The second-order valence-electron chi connectivity index (χ2n) is 3.11. The van der Waals surface area contributed by atoms with Gasteiger partial charge in [0.25, 0.3) is 0 Å². The van der Waals surface area contributed by atoms with Crippen molar-refractivity contribution < 1.29 is 19.8 Å². The fourth-order valence-electron chi connectivity index (χ4n) is 0.962. The Hall–Kier alpha value is -2.30. The van der Waals surface area contributed by atoms with Crippen molar-refractivity contribution in [2.75, 3.05) is 5.32 Å². The molecule has 0 unspecified atom stereocenters. The van der Waals surface area contributed by atoms with E-state index in [0.717, 1.165) is 6.20 Å². The zero-order valence-corrected chi connectivity index (χ0v) is 8.60. The highest BCUT2D eigenvalue weighted by atomic mass is 16.4. The topological polar surface area (TPSA) is 86.6 Å². The number of carboxylic acids is 1. The summed E-state index contributed by atoms with van der Waals surface area (Å²) in [5.41, 5.74) is 0.753. The highest BCUT2D eigenvalue weighted by Gasteiger charge is 2.01. The molecule has 0 aliphatic carbocycles. The van der Waals surface area contributed by atoms with Gasteiger partial charge >= 0.3 is 5.97 Å². The van der Waals surface area contributed by atoms with Crippen LogP contribution >= 0.6 is 0 Å². The number of hydrogen-bond donors (Lipinski definition) is 3. The molecule has 84 valence electrons. The smallest absolute Gasteiger partial charge is 0.335 e. The summed E-state index contributed by atoms with van der Waals surface area (Å²) in [6.45, 7) is 1.24. The summed E-state index contributed by atoms with van der Waals surface area (Å²) < 4.78 is 0. The van der Waals surface area contributed by atoms with E-state index in [1.54, 1.807) is 0 Å². The molecule has 0 heterocycles. The van der Waals surface area contributed by atoms with E-state index in [2.05, 4.69) is 5.32 Å². The molecule has 1 aromatic carbocycles. The van der Waals surface area contributed by atoms with Gasteiger partial charge in [-0.15, -0.1) is 0 Å². The number of carbonyl (C=O) groups is 2. The summed E-state index contributed by atoms with van der Waals surface area (Å²) in [4.78, 5) is 21.2. The molecule has 5 nitrogen and oxygen atoms in total. The molecule has 3 N–H and O–H groups in total. The number of ketones is 1. The number of carbonyl (C=O) groups excluding carboxylic acids is 1. The maximum absolute atomic E-state index is 10.7. The van der Waals surface area contributed by atoms with Gasteiger partial charge in [-0.3, -0.25) is 4.79 Å². The molecule has 5 heteroatoms. The fraction of sp³-hybridized carbons (Fsp3) is 0.0909. The van der Waals surface area contributed by atoms with E-state index < -0.39 is 11.8 Å². The average Bonchev–Trinajstić information content (AvgIpc) is 2.26. The summed E-state index contributed by atoms with van der Waals surface area (Å²) in [6, 6.07) is 5.91. The van der Waals surface area contributed by atoms with Crippen molar-refractivity contribution in [1.29, 1.82) is 0 Å². The number of aliphatic hydroxyl groups excluding tert-OH is 1. The molecule has 0 radical (unpaired) electrons. The average molecular weight is 221 g/mol. The van der Waals surface area contributed by atoms with E-state index in [9.17, 15) is 9.59 Å². The SMILES string of the molecule is CC(=O)C(O)=CNc1ccc(C(=O)O)cc1. The molecule has 0 saturated carbocycles. The molecule has 0 aromatic heterocycles. The lowest BCUT2D eigenvalue weighted by Gasteiger charge is -2.01. The number of aliphatic hydroxyl groups is 1. The van der Waals surface area contributed by atoms with Crippen LogP contribution in [0.4, 0.5) is 5.69 Å². The van der Waals surface area contributed by atoms with E-state index in [0.29, 0.717) is 5.69 Å². The number of allylic oxidation sites excluding steroid dienone is 1. The molecule has 0 bridgehead atoms. The molecule has 0 atom stereocenters. The minimum Gasteiger partial charge on any atom is -0.503 e. The van der Waals surface area contributed by atoms with Crippen molar-refractivity contribution in [2.45, 2.75) is 6.92 Å². The van der Waals surface area contributed by atoms with E-state index >= 15 is 0 Å². The molecular weight excluding hydrogens is 210 g/mol. The summed E-state index contributed by atoms with van der Waals surface area (Å²) in [5, 5.41) is 20.4. The first-order valence-electron chi connectivity index (χ1n) is 4.50.